The Balaban J connectivity index is 0.000000310. The molecule has 1 saturated heterocycles. The third-order valence-corrected chi connectivity index (χ3v) is 7.89. The Morgan fingerprint density at radius 2 is 1.36 bits per heavy atom. The first-order valence-corrected chi connectivity index (χ1v) is 14.9. The quantitative estimate of drug-likeness (QED) is 0.209. The molecule has 5 rings (SSSR count). The molecule has 1 amide bonds. The fourth-order valence-corrected chi connectivity index (χ4v) is 5.52. The molecule has 218 valence electrons. The molecule has 5 nitrogen and oxygen atoms in total. The minimum absolute atomic E-state index is 0.275. The van der Waals surface area contributed by atoms with Crippen LogP contribution in [0.1, 0.15) is 33.6 Å². The Bertz CT molecular complexity index is 1550. The number of hydrogen-bond acceptors (Lipinski definition) is 4. The third-order valence-electron chi connectivity index (χ3n) is 6.60. The van der Waals surface area contributed by atoms with E-state index in [0.717, 1.165) is 42.8 Å². The van der Waals surface area contributed by atoms with Gasteiger partial charge >= 0.3 is 0 Å². The van der Waals surface area contributed by atoms with Crippen LogP contribution in [0.4, 0.5) is 5.69 Å². The number of carbonyl (C=O) groups excluding carboxylic acids is 2. The average Bonchev–Trinajstić information content (AvgIpc) is 2.95. The van der Waals surface area contributed by atoms with Crippen molar-refractivity contribution in [2.75, 3.05) is 25.5 Å². The summed E-state index contributed by atoms with van der Waals surface area (Å²) in [5.74, 6) is 0.612. The zero-order valence-corrected chi connectivity index (χ0v) is 26.3. The van der Waals surface area contributed by atoms with E-state index in [1.54, 1.807) is 24.3 Å². The lowest BCUT2D eigenvalue weighted by Crippen LogP contribution is -2.35. The number of rotatable bonds is 6. The lowest BCUT2D eigenvalue weighted by atomic mass is 10.0. The molecule has 1 aliphatic rings. The van der Waals surface area contributed by atoms with Crippen LogP contribution in [0.2, 0.25) is 20.1 Å². The number of amides is 1. The van der Waals surface area contributed by atoms with E-state index in [4.69, 9.17) is 62.7 Å². The zero-order chi connectivity index (χ0) is 30.2. The molecule has 10 heteroatoms. The van der Waals surface area contributed by atoms with E-state index in [1.807, 2.05) is 48.5 Å². The van der Waals surface area contributed by atoms with Crippen LogP contribution in [0.5, 0.6) is 5.75 Å². The molecule has 42 heavy (non-hydrogen) atoms. The Labute approximate surface area is 270 Å². The number of likely N-dealkylation sites (tertiary alicyclic amines) is 1. The van der Waals surface area contributed by atoms with E-state index < -0.39 is 5.24 Å². The highest BCUT2D eigenvalue weighted by atomic mass is 35.5. The number of hydrogen-bond donors (Lipinski definition) is 1. The molecule has 0 spiro atoms. The first-order valence-electron chi connectivity index (χ1n) is 13.1. The third kappa shape index (κ3) is 9.11. The fraction of sp³-hybridized carbons (Fsp3) is 0.188. The standard InChI is InChI=1S/C25H24Cl2N2O2.C7H3Cl3O/c1-29-13-11-22(12-14-29)31-21-8-5-17(6-9-21)18-3-2-4-20(15-18)28-25(30)23-10-7-19(26)16-24(23)27;8-4-1-2-5(7(10)11)6(9)3-4/h2-10,15-16,22H,11-14H2,1H3,(H,28,30);1-3H. The lowest BCUT2D eigenvalue weighted by molar-refractivity contribution is 0.102. The summed E-state index contributed by atoms with van der Waals surface area (Å²) in [6.45, 7) is 2.14. The Morgan fingerprint density at radius 3 is 1.93 bits per heavy atom. The maximum atomic E-state index is 12.6. The fourth-order valence-electron chi connectivity index (χ4n) is 4.32. The highest BCUT2D eigenvalue weighted by Gasteiger charge is 2.18. The van der Waals surface area contributed by atoms with Crippen LogP contribution in [0.25, 0.3) is 11.1 Å². The Kier molecular flexibility index (Phi) is 11.6. The molecule has 0 bridgehead atoms. The van der Waals surface area contributed by atoms with Crippen LogP contribution in [-0.2, 0) is 0 Å². The van der Waals surface area contributed by atoms with Gasteiger partial charge in [0.05, 0.1) is 21.2 Å². The summed E-state index contributed by atoms with van der Waals surface area (Å²) in [7, 11) is 2.14. The number of nitrogens with one attached hydrogen (secondary N) is 1. The van der Waals surface area contributed by atoms with Crippen molar-refractivity contribution in [3.05, 3.63) is 116 Å². The average molecular weight is 665 g/mol. The maximum Gasteiger partial charge on any atom is 0.257 e. The van der Waals surface area contributed by atoms with Gasteiger partial charge in [0.25, 0.3) is 11.1 Å². The minimum Gasteiger partial charge on any atom is -0.490 e. The number of piperidine rings is 1. The predicted octanol–water partition coefficient (Wildman–Crippen LogP) is 9.76. The van der Waals surface area contributed by atoms with Gasteiger partial charge in [-0.3, -0.25) is 9.59 Å². The van der Waals surface area contributed by atoms with Gasteiger partial charge in [-0.25, -0.2) is 0 Å². The molecule has 0 atom stereocenters. The van der Waals surface area contributed by atoms with Gasteiger partial charge in [0, 0.05) is 28.8 Å². The van der Waals surface area contributed by atoms with Crippen LogP contribution in [-0.4, -0.2) is 42.3 Å². The van der Waals surface area contributed by atoms with Gasteiger partial charge in [0.1, 0.15) is 11.9 Å². The van der Waals surface area contributed by atoms with Crippen LogP contribution < -0.4 is 10.1 Å². The van der Waals surface area contributed by atoms with Gasteiger partial charge in [-0.2, -0.15) is 0 Å². The second-order valence-corrected chi connectivity index (χ2v) is 11.7. The zero-order valence-electron chi connectivity index (χ0n) is 22.6. The number of carbonyl (C=O) groups is 2. The van der Waals surface area contributed by atoms with Crippen LogP contribution in [0, 0.1) is 0 Å². The van der Waals surface area contributed by atoms with Crippen molar-refractivity contribution < 1.29 is 14.3 Å². The largest absolute Gasteiger partial charge is 0.490 e. The monoisotopic (exact) mass is 662 g/mol. The van der Waals surface area contributed by atoms with E-state index in [0.29, 0.717) is 26.3 Å². The molecule has 0 radical (unpaired) electrons. The molecule has 0 unspecified atom stereocenters. The summed E-state index contributed by atoms with van der Waals surface area (Å²) in [6.07, 6.45) is 2.38. The molecule has 0 aliphatic carbocycles. The van der Waals surface area contributed by atoms with Crippen molar-refractivity contribution >= 4 is 74.8 Å². The van der Waals surface area contributed by atoms with Crippen molar-refractivity contribution in [2.45, 2.75) is 18.9 Å². The normalized spacial score (nSPS) is 13.6. The van der Waals surface area contributed by atoms with Gasteiger partial charge < -0.3 is 15.0 Å². The first-order chi connectivity index (χ1) is 20.1. The molecule has 4 aromatic carbocycles. The van der Waals surface area contributed by atoms with E-state index in [2.05, 4.69) is 17.3 Å². The molecular formula is C32H27Cl5N2O3. The number of benzene rings is 4. The van der Waals surface area contributed by atoms with Crippen molar-refractivity contribution in [3.63, 3.8) is 0 Å². The van der Waals surface area contributed by atoms with Crippen molar-refractivity contribution in [1.82, 2.24) is 4.90 Å². The summed E-state index contributed by atoms with van der Waals surface area (Å²) >= 11 is 28.5. The maximum absolute atomic E-state index is 12.6. The number of anilines is 1. The second-order valence-electron chi connectivity index (χ2n) is 9.70. The van der Waals surface area contributed by atoms with Crippen molar-refractivity contribution in [3.8, 4) is 16.9 Å². The lowest BCUT2D eigenvalue weighted by Gasteiger charge is -2.29. The molecule has 1 heterocycles. The number of nitrogens with zero attached hydrogens (tertiary/aromatic N) is 1. The van der Waals surface area contributed by atoms with E-state index in [1.165, 1.54) is 12.1 Å². The van der Waals surface area contributed by atoms with Gasteiger partial charge in [0.2, 0.25) is 0 Å². The van der Waals surface area contributed by atoms with Crippen LogP contribution >= 0.6 is 58.0 Å². The Morgan fingerprint density at radius 1 is 0.762 bits per heavy atom. The van der Waals surface area contributed by atoms with Crippen molar-refractivity contribution in [2.24, 2.45) is 0 Å². The minimum atomic E-state index is -0.577. The molecular weight excluding hydrogens is 638 g/mol. The molecule has 0 aromatic heterocycles. The first kappa shape index (κ1) is 32.2. The summed E-state index contributed by atoms with van der Waals surface area (Å²) in [5, 5.41) is 3.90. The SMILES string of the molecule is CN1CCC(Oc2ccc(-c3cccc(NC(=O)c4ccc(Cl)cc4Cl)c3)cc2)CC1.O=C(Cl)c1ccc(Cl)cc1Cl. The van der Waals surface area contributed by atoms with E-state index >= 15 is 0 Å². The van der Waals surface area contributed by atoms with Gasteiger partial charge in [-0.1, -0.05) is 70.7 Å². The highest BCUT2D eigenvalue weighted by molar-refractivity contribution is 6.68. The van der Waals surface area contributed by atoms with Gasteiger partial charge in [-0.05, 0) is 103 Å². The summed E-state index contributed by atoms with van der Waals surface area (Å²) in [4.78, 5) is 25.5. The highest BCUT2D eigenvalue weighted by Crippen LogP contribution is 2.28. The van der Waals surface area contributed by atoms with Crippen molar-refractivity contribution in [1.29, 1.82) is 0 Å². The second kappa shape index (κ2) is 15.1. The molecule has 0 saturated carbocycles. The smallest absolute Gasteiger partial charge is 0.257 e. The molecule has 1 aliphatic heterocycles. The van der Waals surface area contributed by atoms with Gasteiger partial charge in [0.15, 0.2) is 0 Å². The summed E-state index contributed by atoms with van der Waals surface area (Å²) < 4.78 is 6.13. The summed E-state index contributed by atoms with van der Waals surface area (Å²) in [6, 6.07) is 25.2. The molecule has 1 fully saturated rings. The van der Waals surface area contributed by atoms with E-state index in [-0.39, 0.29) is 22.6 Å². The molecule has 4 aromatic rings. The van der Waals surface area contributed by atoms with Gasteiger partial charge in [-0.15, -0.1) is 0 Å². The van der Waals surface area contributed by atoms with Crippen LogP contribution in [0.3, 0.4) is 0 Å². The Hall–Kier alpha value is -2.77. The topological polar surface area (TPSA) is 58.6 Å². The number of ether oxygens (including phenoxy) is 1. The van der Waals surface area contributed by atoms with Crippen LogP contribution in [0.15, 0.2) is 84.9 Å². The van der Waals surface area contributed by atoms with E-state index in [9.17, 15) is 9.59 Å². The predicted molar refractivity (Wildman–Crippen MR) is 174 cm³/mol. The summed E-state index contributed by atoms with van der Waals surface area (Å²) in [5.41, 5.74) is 3.41. The molecule has 1 N–H and O–H groups in total. The number of halogens is 5.